The minimum Gasteiger partial charge on any atom is -0.493 e. The van der Waals surface area contributed by atoms with Crippen LogP contribution >= 0.6 is 11.6 Å². The van der Waals surface area contributed by atoms with Gasteiger partial charge in [0.1, 0.15) is 0 Å². The summed E-state index contributed by atoms with van der Waals surface area (Å²) < 4.78 is 36.9. The van der Waals surface area contributed by atoms with Crippen LogP contribution in [0.15, 0.2) is 47.4 Å². The zero-order chi connectivity index (χ0) is 17.0. The fraction of sp³-hybridized carbons (Fsp3) is 0.250. The van der Waals surface area contributed by atoms with E-state index in [-0.39, 0.29) is 11.4 Å². The van der Waals surface area contributed by atoms with Gasteiger partial charge in [0.15, 0.2) is 11.5 Å². The van der Waals surface area contributed by atoms with Gasteiger partial charge in [-0.25, -0.2) is 8.42 Å². The summed E-state index contributed by atoms with van der Waals surface area (Å²) in [5.41, 5.74) is 0.848. The SMILES string of the molecule is COc1ccc(S(=O)(=O)N(C)Cc2ccc(Cl)cc2)cc1OC. The van der Waals surface area contributed by atoms with Crippen LogP contribution in [-0.2, 0) is 16.6 Å². The van der Waals surface area contributed by atoms with Gasteiger partial charge in [-0.3, -0.25) is 0 Å². The normalized spacial score (nSPS) is 11.5. The monoisotopic (exact) mass is 355 g/mol. The van der Waals surface area contributed by atoms with Crippen molar-refractivity contribution < 1.29 is 17.9 Å². The second-order valence-corrected chi connectivity index (χ2v) is 7.39. The quantitative estimate of drug-likeness (QED) is 0.798. The molecule has 0 aromatic heterocycles. The molecule has 0 saturated heterocycles. The molecule has 0 unspecified atom stereocenters. The fourth-order valence-electron chi connectivity index (χ4n) is 2.09. The average Bonchev–Trinajstić information content (AvgIpc) is 2.56. The summed E-state index contributed by atoms with van der Waals surface area (Å²) in [4.78, 5) is 0.145. The van der Waals surface area contributed by atoms with Gasteiger partial charge in [0.25, 0.3) is 0 Å². The molecular weight excluding hydrogens is 338 g/mol. The summed E-state index contributed by atoms with van der Waals surface area (Å²) in [5.74, 6) is 0.847. The molecule has 7 heteroatoms. The van der Waals surface area contributed by atoms with Crippen molar-refractivity contribution in [3.8, 4) is 11.5 Å². The van der Waals surface area contributed by atoms with E-state index in [9.17, 15) is 8.42 Å². The molecule has 0 aliphatic carbocycles. The number of hydrogen-bond donors (Lipinski definition) is 0. The third-order valence-electron chi connectivity index (χ3n) is 3.38. The maximum Gasteiger partial charge on any atom is 0.243 e. The van der Waals surface area contributed by atoms with Crippen LogP contribution in [0.2, 0.25) is 5.02 Å². The molecule has 0 radical (unpaired) electrons. The Kier molecular flexibility index (Phi) is 5.51. The molecule has 0 fully saturated rings. The Labute approximate surface area is 141 Å². The second-order valence-electron chi connectivity index (χ2n) is 4.90. The lowest BCUT2D eigenvalue weighted by molar-refractivity contribution is 0.353. The van der Waals surface area contributed by atoms with E-state index in [1.165, 1.54) is 37.7 Å². The zero-order valence-electron chi connectivity index (χ0n) is 13.1. The van der Waals surface area contributed by atoms with Gasteiger partial charge in [-0.05, 0) is 29.8 Å². The molecule has 0 bridgehead atoms. The number of nitrogens with zero attached hydrogens (tertiary/aromatic N) is 1. The molecule has 5 nitrogen and oxygen atoms in total. The van der Waals surface area contributed by atoms with Crippen LogP contribution in [0.4, 0.5) is 0 Å². The molecule has 0 heterocycles. The van der Waals surface area contributed by atoms with E-state index in [2.05, 4.69) is 0 Å². The molecule has 124 valence electrons. The van der Waals surface area contributed by atoms with E-state index in [1.54, 1.807) is 30.3 Å². The summed E-state index contributed by atoms with van der Waals surface area (Å²) >= 11 is 5.84. The number of rotatable bonds is 6. The lowest BCUT2D eigenvalue weighted by Crippen LogP contribution is -2.26. The van der Waals surface area contributed by atoms with Gasteiger partial charge in [-0.1, -0.05) is 23.7 Å². The first kappa shape index (κ1) is 17.6. The Balaban J connectivity index is 2.28. The Morgan fingerprint density at radius 2 is 1.61 bits per heavy atom. The van der Waals surface area contributed by atoms with Crippen LogP contribution in [0, 0.1) is 0 Å². The smallest absolute Gasteiger partial charge is 0.243 e. The molecule has 0 atom stereocenters. The Morgan fingerprint density at radius 3 is 2.17 bits per heavy atom. The Hall–Kier alpha value is -1.76. The molecule has 0 aliphatic rings. The Morgan fingerprint density at radius 1 is 1.00 bits per heavy atom. The molecule has 23 heavy (non-hydrogen) atoms. The van der Waals surface area contributed by atoms with Gasteiger partial charge in [0.2, 0.25) is 10.0 Å². The summed E-state index contributed by atoms with van der Waals surface area (Å²) in [6.45, 7) is 0.244. The second kappa shape index (κ2) is 7.21. The van der Waals surface area contributed by atoms with E-state index < -0.39 is 10.0 Å². The number of hydrogen-bond acceptors (Lipinski definition) is 4. The van der Waals surface area contributed by atoms with Crippen molar-refractivity contribution in [2.45, 2.75) is 11.4 Å². The first-order valence-electron chi connectivity index (χ1n) is 6.81. The van der Waals surface area contributed by atoms with Gasteiger partial charge >= 0.3 is 0 Å². The molecule has 2 rings (SSSR count). The topological polar surface area (TPSA) is 55.8 Å². The average molecular weight is 356 g/mol. The van der Waals surface area contributed by atoms with Gasteiger partial charge in [-0.15, -0.1) is 0 Å². The molecule has 0 amide bonds. The lowest BCUT2D eigenvalue weighted by atomic mass is 10.2. The van der Waals surface area contributed by atoms with Crippen LogP contribution in [-0.4, -0.2) is 34.0 Å². The molecule has 2 aromatic carbocycles. The van der Waals surface area contributed by atoms with Crippen molar-refractivity contribution in [2.24, 2.45) is 0 Å². The van der Waals surface area contributed by atoms with Crippen LogP contribution in [0.3, 0.4) is 0 Å². The Bertz CT molecular complexity index is 775. The van der Waals surface area contributed by atoms with Crippen molar-refractivity contribution in [1.29, 1.82) is 0 Å². The highest BCUT2D eigenvalue weighted by Crippen LogP contribution is 2.30. The van der Waals surface area contributed by atoms with Crippen LogP contribution < -0.4 is 9.47 Å². The minimum atomic E-state index is -3.64. The molecular formula is C16H18ClNO4S. The molecule has 0 saturated carbocycles. The molecule has 0 spiro atoms. The van der Waals surface area contributed by atoms with Crippen molar-refractivity contribution in [1.82, 2.24) is 4.31 Å². The predicted molar refractivity (Wildman–Crippen MR) is 89.7 cm³/mol. The number of methoxy groups -OCH3 is 2. The number of ether oxygens (including phenoxy) is 2. The summed E-state index contributed by atoms with van der Waals surface area (Å²) in [6, 6.07) is 11.6. The van der Waals surface area contributed by atoms with E-state index in [4.69, 9.17) is 21.1 Å². The molecule has 0 aliphatic heterocycles. The van der Waals surface area contributed by atoms with Crippen molar-refractivity contribution in [3.05, 3.63) is 53.1 Å². The number of benzene rings is 2. The van der Waals surface area contributed by atoms with Gasteiger partial charge in [0, 0.05) is 24.7 Å². The van der Waals surface area contributed by atoms with Crippen LogP contribution in [0.5, 0.6) is 11.5 Å². The van der Waals surface area contributed by atoms with E-state index in [1.807, 2.05) is 0 Å². The third kappa shape index (κ3) is 3.96. The number of sulfonamides is 1. The first-order valence-corrected chi connectivity index (χ1v) is 8.63. The van der Waals surface area contributed by atoms with E-state index in [0.717, 1.165) is 5.56 Å². The van der Waals surface area contributed by atoms with Crippen molar-refractivity contribution >= 4 is 21.6 Å². The fourth-order valence-corrected chi connectivity index (χ4v) is 3.39. The summed E-state index contributed by atoms with van der Waals surface area (Å²) in [7, 11) is 0.851. The maximum atomic E-state index is 12.7. The zero-order valence-corrected chi connectivity index (χ0v) is 14.7. The first-order chi connectivity index (χ1) is 10.9. The van der Waals surface area contributed by atoms with Crippen molar-refractivity contribution in [3.63, 3.8) is 0 Å². The van der Waals surface area contributed by atoms with Gasteiger partial charge in [-0.2, -0.15) is 4.31 Å². The van der Waals surface area contributed by atoms with Crippen LogP contribution in [0.25, 0.3) is 0 Å². The highest BCUT2D eigenvalue weighted by Gasteiger charge is 2.22. The van der Waals surface area contributed by atoms with E-state index >= 15 is 0 Å². The predicted octanol–water partition coefficient (Wildman–Crippen LogP) is 3.18. The molecule has 2 aromatic rings. The van der Waals surface area contributed by atoms with Crippen LogP contribution in [0.1, 0.15) is 5.56 Å². The van der Waals surface area contributed by atoms with Crippen molar-refractivity contribution in [2.75, 3.05) is 21.3 Å². The van der Waals surface area contributed by atoms with Gasteiger partial charge in [0.05, 0.1) is 19.1 Å². The van der Waals surface area contributed by atoms with Gasteiger partial charge < -0.3 is 9.47 Å². The number of halogens is 1. The highest BCUT2D eigenvalue weighted by molar-refractivity contribution is 7.89. The maximum absolute atomic E-state index is 12.7. The standard InChI is InChI=1S/C16H18ClNO4S/c1-18(11-12-4-6-13(17)7-5-12)23(19,20)14-8-9-15(21-2)16(10-14)22-3/h4-10H,11H2,1-3H3. The minimum absolute atomic E-state index is 0.145. The summed E-state index contributed by atoms with van der Waals surface area (Å²) in [5, 5.41) is 0.610. The highest BCUT2D eigenvalue weighted by atomic mass is 35.5. The third-order valence-corrected chi connectivity index (χ3v) is 5.43. The molecule has 0 N–H and O–H groups in total. The lowest BCUT2D eigenvalue weighted by Gasteiger charge is -2.18. The van der Waals surface area contributed by atoms with E-state index in [0.29, 0.717) is 16.5 Å². The summed E-state index contributed by atoms with van der Waals surface area (Å²) in [6.07, 6.45) is 0. The largest absolute Gasteiger partial charge is 0.493 e.